The Hall–Kier alpha value is -3.85. The van der Waals surface area contributed by atoms with E-state index in [1.165, 1.54) is 24.8 Å². The van der Waals surface area contributed by atoms with Gasteiger partial charge in [-0.15, -0.1) is 0 Å². The molecule has 1 fully saturated rings. The number of urea groups is 1. The maximum absolute atomic E-state index is 12.9. The number of carbonyl (C=O) groups is 1. The molecule has 0 radical (unpaired) electrons. The highest BCUT2D eigenvalue weighted by atomic mass is 35.5. The summed E-state index contributed by atoms with van der Waals surface area (Å²) in [6.45, 7) is 8.44. The highest BCUT2D eigenvalue weighted by Crippen LogP contribution is 2.25. The second-order valence-corrected chi connectivity index (χ2v) is 11.0. The molecular formula is C31H39ClN8O. The number of hydrogen-bond acceptors (Lipinski definition) is 6. The van der Waals surface area contributed by atoms with Crippen LogP contribution in [-0.2, 0) is 6.54 Å². The Morgan fingerprint density at radius 1 is 1.00 bits per heavy atom. The Labute approximate surface area is 246 Å². The fourth-order valence-corrected chi connectivity index (χ4v) is 5.25. The van der Waals surface area contributed by atoms with Crippen LogP contribution in [0.5, 0.6) is 0 Å². The van der Waals surface area contributed by atoms with Crippen molar-refractivity contribution in [3.8, 4) is 0 Å². The molecule has 1 atom stereocenters. The summed E-state index contributed by atoms with van der Waals surface area (Å²) in [4.78, 5) is 31.6. The van der Waals surface area contributed by atoms with Crippen LogP contribution in [0, 0.1) is 5.92 Å². The second-order valence-electron chi connectivity index (χ2n) is 10.6. The number of unbranched alkanes of at least 4 members (excludes halogenated alkanes) is 1. The Morgan fingerprint density at radius 2 is 1.76 bits per heavy atom. The minimum atomic E-state index is -0.121. The molecule has 2 N–H and O–H groups in total. The molecule has 1 unspecified atom stereocenters. The third-order valence-electron chi connectivity index (χ3n) is 7.69. The molecule has 4 aromatic rings. The van der Waals surface area contributed by atoms with Gasteiger partial charge < -0.3 is 25.0 Å². The Bertz CT molecular complexity index is 1420. The summed E-state index contributed by atoms with van der Waals surface area (Å²) in [7, 11) is 0. The van der Waals surface area contributed by atoms with Crippen LogP contribution in [-0.4, -0.2) is 63.2 Å². The number of rotatable bonds is 11. The van der Waals surface area contributed by atoms with Crippen molar-refractivity contribution in [3.63, 3.8) is 0 Å². The van der Waals surface area contributed by atoms with Crippen LogP contribution in [0.15, 0.2) is 60.9 Å². The first kappa shape index (κ1) is 28.7. The van der Waals surface area contributed by atoms with Gasteiger partial charge in [-0.2, -0.15) is 9.97 Å². The lowest BCUT2D eigenvalue weighted by Gasteiger charge is -2.34. The van der Waals surface area contributed by atoms with Gasteiger partial charge in [0.1, 0.15) is 0 Å². The lowest BCUT2D eigenvalue weighted by Crippen LogP contribution is -2.50. The topological polar surface area (TPSA) is 91.2 Å². The normalized spacial score (nSPS) is 14.3. The van der Waals surface area contributed by atoms with E-state index in [-0.39, 0.29) is 6.03 Å². The molecule has 0 spiro atoms. The van der Waals surface area contributed by atoms with Crippen molar-refractivity contribution in [1.29, 1.82) is 0 Å². The van der Waals surface area contributed by atoms with E-state index in [4.69, 9.17) is 26.6 Å². The smallest absolute Gasteiger partial charge is 0.321 e. The van der Waals surface area contributed by atoms with E-state index >= 15 is 0 Å². The number of anilines is 3. The van der Waals surface area contributed by atoms with Crippen molar-refractivity contribution in [1.82, 2.24) is 24.4 Å². The molecular weight excluding hydrogens is 536 g/mol. The van der Waals surface area contributed by atoms with Crippen LogP contribution in [0.4, 0.5) is 22.2 Å². The maximum Gasteiger partial charge on any atom is 0.321 e. The summed E-state index contributed by atoms with van der Waals surface area (Å²) in [6.07, 6.45) is 6.60. The first-order valence-electron chi connectivity index (χ1n) is 14.6. The van der Waals surface area contributed by atoms with E-state index in [0.717, 1.165) is 35.6 Å². The monoisotopic (exact) mass is 574 g/mol. The Balaban J connectivity index is 1.34. The number of imidazole rings is 1. The van der Waals surface area contributed by atoms with Crippen LogP contribution in [0.3, 0.4) is 0 Å². The molecule has 0 aliphatic carbocycles. The number of hydrogen-bond donors (Lipinski definition) is 2. The highest BCUT2D eigenvalue weighted by molar-refractivity contribution is 6.30. The summed E-state index contributed by atoms with van der Waals surface area (Å²) in [5.41, 5.74) is 3.51. The van der Waals surface area contributed by atoms with E-state index in [0.29, 0.717) is 49.6 Å². The second kappa shape index (κ2) is 13.7. The molecule has 41 heavy (non-hydrogen) atoms. The van der Waals surface area contributed by atoms with Gasteiger partial charge in [0.15, 0.2) is 17.0 Å². The Morgan fingerprint density at radius 3 is 2.46 bits per heavy atom. The van der Waals surface area contributed by atoms with Crippen molar-refractivity contribution in [2.24, 2.45) is 5.92 Å². The summed E-state index contributed by atoms with van der Waals surface area (Å²) >= 11 is 5.97. The average Bonchev–Trinajstić information content (AvgIpc) is 3.41. The van der Waals surface area contributed by atoms with E-state index in [9.17, 15) is 4.79 Å². The van der Waals surface area contributed by atoms with Crippen LogP contribution >= 0.6 is 11.6 Å². The molecule has 0 saturated carbocycles. The van der Waals surface area contributed by atoms with Crippen LogP contribution in [0.25, 0.3) is 11.2 Å². The molecule has 0 bridgehead atoms. The molecule has 2 amide bonds. The van der Waals surface area contributed by atoms with Crippen LogP contribution in [0.1, 0.15) is 45.1 Å². The first-order valence-corrected chi connectivity index (χ1v) is 15.0. The van der Waals surface area contributed by atoms with E-state index in [1.807, 2.05) is 29.4 Å². The van der Waals surface area contributed by atoms with Crippen molar-refractivity contribution in [2.45, 2.75) is 46.1 Å². The number of halogens is 1. The summed E-state index contributed by atoms with van der Waals surface area (Å²) in [5.74, 6) is 2.02. The lowest BCUT2D eigenvalue weighted by molar-refractivity contribution is 0.208. The summed E-state index contributed by atoms with van der Waals surface area (Å²) in [6, 6.07) is 17.4. The van der Waals surface area contributed by atoms with Gasteiger partial charge in [0, 0.05) is 43.4 Å². The van der Waals surface area contributed by atoms with Crippen molar-refractivity contribution >= 4 is 46.2 Å². The van der Waals surface area contributed by atoms with E-state index in [1.54, 1.807) is 24.3 Å². The SMILES string of the molecule is CCCCC(CC)CNc1nc(N2CCN(C(=O)Nc3ccc(Cl)cc3)CC2)nc2c1ncn2Cc1ccccc1. The van der Waals surface area contributed by atoms with Gasteiger partial charge in [0.05, 0.1) is 12.9 Å². The standard InChI is InChI=1S/C31H39ClN8O/c1-3-5-9-23(4-2)20-33-28-27-29(40(22-34-27)21-24-10-7-6-8-11-24)37-30(36-28)38-16-18-39(19-17-38)31(41)35-26-14-12-25(32)13-15-26/h6-8,10-15,22-23H,3-5,9,16-21H2,1-2H3,(H,35,41)(H,33,36,37). The zero-order valence-electron chi connectivity index (χ0n) is 23.9. The largest absolute Gasteiger partial charge is 0.368 e. The molecule has 1 aliphatic heterocycles. The van der Waals surface area contributed by atoms with Gasteiger partial charge in [-0.25, -0.2) is 9.78 Å². The quantitative estimate of drug-likeness (QED) is 0.212. The van der Waals surface area contributed by atoms with Gasteiger partial charge in [0.2, 0.25) is 5.95 Å². The van der Waals surface area contributed by atoms with Crippen molar-refractivity contribution in [2.75, 3.05) is 48.3 Å². The van der Waals surface area contributed by atoms with Gasteiger partial charge in [-0.05, 0) is 42.2 Å². The fourth-order valence-electron chi connectivity index (χ4n) is 5.12. The molecule has 5 rings (SSSR count). The number of nitrogens with zero attached hydrogens (tertiary/aromatic N) is 6. The molecule has 9 nitrogen and oxygen atoms in total. The highest BCUT2D eigenvalue weighted by Gasteiger charge is 2.25. The minimum absolute atomic E-state index is 0.121. The van der Waals surface area contributed by atoms with Gasteiger partial charge in [-0.1, -0.05) is 75.0 Å². The number of benzene rings is 2. The zero-order chi connectivity index (χ0) is 28.6. The third kappa shape index (κ3) is 7.27. The molecule has 2 aromatic heterocycles. The minimum Gasteiger partial charge on any atom is -0.368 e. The molecule has 1 saturated heterocycles. The molecule has 216 valence electrons. The summed E-state index contributed by atoms with van der Waals surface area (Å²) < 4.78 is 2.09. The van der Waals surface area contributed by atoms with Gasteiger partial charge in [0.25, 0.3) is 0 Å². The molecule has 2 aromatic carbocycles. The zero-order valence-corrected chi connectivity index (χ0v) is 24.6. The molecule has 10 heteroatoms. The lowest BCUT2D eigenvalue weighted by atomic mass is 9.99. The Kier molecular flexibility index (Phi) is 9.56. The predicted octanol–water partition coefficient (Wildman–Crippen LogP) is 6.51. The number of amides is 2. The fraction of sp³-hybridized carbons (Fsp3) is 0.419. The van der Waals surface area contributed by atoms with E-state index in [2.05, 4.69) is 46.1 Å². The third-order valence-corrected chi connectivity index (χ3v) is 7.95. The van der Waals surface area contributed by atoms with Crippen molar-refractivity contribution in [3.05, 3.63) is 71.5 Å². The number of aromatic nitrogens is 4. The molecule has 3 heterocycles. The van der Waals surface area contributed by atoms with Gasteiger partial charge in [-0.3, -0.25) is 0 Å². The predicted molar refractivity (Wildman–Crippen MR) is 167 cm³/mol. The number of piperazine rings is 1. The maximum atomic E-state index is 12.9. The summed E-state index contributed by atoms with van der Waals surface area (Å²) in [5, 5.41) is 7.22. The van der Waals surface area contributed by atoms with Gasteiger partial charge >= 0.3 is 6.03 Å². The van der Waals surface area contributed by atoms with Crippen LogP contribution in [0.2, 0.25) is 5.02 Å². The average molecular weight is 575 g/mol. The van der Waals surface area contributed by atoms with Crippen molar-refractivity contribution < 1.29 is 4.79 Å². The molecule has 1 aliphatic rings. The number of nitrogens with one attached hydrogen (secondary N) is 2. The first-order chi connectivity index (χ1) is 20.0. The van der Waals surface area contributed by atoms with Crippen LogP contribution < -0.4 is 15.5 Å². The van der Waals surface area contributed by atoms with E-state index < -0.39 is 0 Å². The number of carbonyl (C=O) groups excluding carboxylic acids is 1. The number of fused-ring (bicyclic) bond motifs is 1.